The molecule has 0 atom stereocenters. The van der Waals surface area contributed by atoms with E-state index in [1.807, 2.05) is 30.0 Å². The van der Waals surface area contributed by atoms with Crippen LogP contribution in [0.15, 0.2) is 22.7 Å². The Morgan fingerprint density at radius 3 is 2.39 bits per heavy atom. The number of benzene rings is 1. The highest BCUT2D eigenvalue weighted by Crippen LogP contribution is 2.19. The quantitative estimate of drug-likeness (QED) is 0.813. The van der Waals surface area contributed by atoms with Crippen molar-refractivity contribution in [3.05, 3.63) is 33.8 Å². The zero-order valence-electron chi connectivity index (χ0n) is 11.8. The molecule has 3 heteroatoms. The molecule has 0 aliphatic rings. The topological polar surface area (TPSA) is 20.3 Å². The minimum absolute atomic E-state index is 0.123. The number of hydrogen-bond acceptors (Lipinski definition) is 1. The van der Waals surface area contributed by atoms with Gasteiger partial charge in [0.15, 0.2) is 0 Å². The minimum Gasteiger partial charge on any atom is -0.336 e. The molecule has 0 bridgehead atoms. The lowest BCUT2D eigenvalue weighted by Crippen LogP contribution is -2.39. The standard InChI is InChI=1S/C15H22BrNO/c1-10(2)9-17(11(3)4)15(18)14-8-13(16)7-6-12(14)5/h6-8,10-11H,9H2,1-5H3. The second-order valence-electron chi connectivity index (χ2n) is 5.40. The number of nitrogens with zero attached hydrogens (tertiary/aromatic N) is 1. The zero-order valence-corrected chi connectivity index (χ0v) is 13.4. The molecule has 0 aliphatic carbocycles. The van der Waals surface area contributed by atoms with Crippen LogP contribution in [0.3, 0.4) is 0 Å². The van der Waals surface area contributed by atoms with Gasteiger partial charge in [-0.25, -0.2) is 0 Å². The normalized spacial score (nSPS) is 11.1. The van der Waals surface area contributed by atoms with Gasteiger partial charge in [-0.15, -0.1) is 0 Å². The fourth-order valence-corrected chi connectivity index (χ4v) is 2.26. The van der Waals surface area contributed by atoms with Gasteiger partial charge in [0.05, 0.1) is 0 Å². The summed E-state index contributed by atoms with van der Waals surface area (Å²) in [6.45, 7) is 11.2. The van der Waals surface area contributed by atoms with Crippen LogP contribution in [0, 0.1) is 12.8 Å². The number of hydrogen-bond donors (Lipinski definition) is 0. The summed E-state index contributed by atoms with van der Waals surface area (Å²) >= 11 is 3.43. The second-order valence-corrected chi connectivity index (χ2v) is 6.32. The van der Waals surface area contributed by atoms with Crippen molar-refractivity contribution in [3.63, 3.8) is 0 Å². The van der Waals surface area contributed by atoms with Crippen molar-refractivity contribution in [1.82, 2.24) is 4.90 Å². The number of halogens is 1. The maximum absolute atomic E-state index is 12.6. The highest BCUT2D eigenvalue weighted by molar-refractivity contribution is 9.10. The number of carbonyl (C=O) groups excluding carboxylic acids is 1. The summed E-state index contributed by atoms with van der Waals surface area (Å²) in [6.07, 6.45) is 0. The molecule has 0 spiro atoms. The largest absolute Gasteiger partial charge is 0.336 e. The van der Waals surface area contributed by atoms with Gasteiger partial charge in [-0.3, -0.25) is 4.79 Å². The average Bonchev–Trinajstić information content (AvgIpc) is 2.27. The van der Waals surface area contributed by atoms with Crippen LogP contribution in [-0.2, 0) is 0 Å². The Hall–Kier alpha value is -0.830. The first-order valence-electron chi connectivity index (χ1n) is 6.40. The Morgan fingerprint density at radius 1 is 1.28 bits per heavy atom. The zero-order chi connectivity index (χ0) is 13.9. The Balaban J connectivity index is 3.05. The maximum Gasteiger partial charge on any atom is 0.254 e. The first-order valence-corrected chi connectivity index (χ1v) is 7.19. The van der Waals surface area contributed by atoms with Crippen LogP contribution in [0.25, 0.3) is 0 Å². The molecule has 1 rings (SSSR count). The van der Waals surface area contributed by atoms with Gasteiger partial charge in [0.25, 0.3) is 5.91 Å². The molecule has 100 valence electrons. The summed E-state index contributed by atoms with van der Waals surface area (Å²) in [7, 11) is 0. The Labute approximate surface area is 119 Å². The number of carbonyl (C=O) groups is 1. The number of aryl methyl sites for hydroxylation is 1. The van der Waals surface area contributed by atoms with E-state index in [2.05, 4.69) is 43.6 Å². The van der Waals surface area contributed by atoms with E-state index < -0.39 is 0 Å². The van der Waals surface area contributed by atoms with Crippen molar-refractivity contribution in [1.29, 1.82) is 0 Å². The average molecular weight is 312 g/mol. The minimum atomic E-state index is 0.123. The third-order valence-corrected chi connectivity index (χ3v) is 3.37. The van der Waals surface area contributed by atoms with Crippen molar-refractivity contribution in [2.75, 3.05) is 6.54 Å². The van der Waals surface area contributed by atoms with Crippen LogP contribution in [0.1, 0.15) is 43.6 Å². The monoisotopic (exact) mass is 311 g/mol. The Kier molecular flexibility index (Phi) is 5.39. The molecule has 2 nitrogen and oxygen atoms in total. The van der Waals surface area contributed by atoms with E-state index in [0.29, 0.717) is 5.92 Å². The summed E-state index contributed by atoms with van der Waals surface area (Å²) in [5.41, 5.74) is 1.82. The lowest BCUT2D eigenvalue weighted by molar-refractivity contribution is 0.0681. The predicted molar refractivity (Wildman–Crippen MR) is 79.9 cm³/mol. The molecule has 0 unspecified atom stereocenters. The van der Waals surface area contributed by atoms with Crippen molar-refractivity contribution >= 4 is 21.8 Å². The predicted octanol–water partition coefficient (Wildman–Crippen LogP) is 4.26. The lowest BCUT2D eigenvalue weighted by atomic mass is 10.1. The molecule has 18 heavy (non-hydrogen) atoms. The van der Waals surface area contributed by atoms with E-state index in [9.17, 15) is 4.79 Å². The summed E-state index contributed by atoms with van der Waals surface area (Å²) in [4.78, 5) is 14.5. The van der Waals surface area contributed by atoms with Crippen molar-refractivity contribution in [2.24, 2.45) is 5.92 Å². The van der Waals surface area contributed by atoms with Gasteiger partial charge >= 0.3 is 0 Å². The molecule has 0 saturated carbocycles. The fourth-order valence-electron chi connectivity index (χ4n) is 1.90. The highest BCUT2D eigenvalue weighted by Gasteiger charge is 2.21. The molecular weight excluding hydrogens is 290 g/mol. The van der Waals surface area contributed by atoms with Crippen LogP contribution in [-0.4, -0.2) is 23.4 Å². The van der Waals surface area contributed by atoms with Crippen molar-refractivity contribution in [2.45, 2.75) is 40.7 Å². The third kappa shape index (κ3) is 3.84. The summed E-state index contributed by atoms with van der Waals surface area (Å²) < 4.78 is 0.949. The molecule has 1 amide bonds. The third-order valence-electron chi connectivity index (χ3n) is 2.88. The van der Waals surface area contributed by atoms with Gasteiger partial charge in [0.2, 0.25) is 0 Å². The highest BCUT2D eigenvalue weighted by atomic mass is 79.9. The molecule has 0 aromatic heterocycles. The summed E-state index contributed by atoms with van der Waals surface area (Å²) in [5.74, 6) is 0.598. The molecule has 0 N–H and O–H groups in total. The number of amides is 1. The second kappa shape index (κ2) is 6.37. The van der Waals surface area contributed by atoms with Gasteiger partial charge in [-0.2, -0.15) is 0 Å². The molecular formula is C15H22BrNO. The van der Waals surface area contributed by atoms with Crippen LogP contribution in [0.2, 0.25) is 0 Å². The van der Waals surface area contributed by atoms with Crippen LogP contribution in [0.5, 0.6) is 0 Å². The smallest absolute Gasteiger partial charge is 0.254 e. The maximum atomic E-state index is 12.6. The lowest BCUT2D eigenvalue weighted by Gasteiger charge is -2.29. The van der Waals surface area contributed by atoms with Crippen LogP contribution >= 0.6 is 15.9 Å². The van der Waals surface area contributed by atoms with Gasteiger partial charge in [0.1, 0.15) is 0 Å². The Morgan fingerprint density at radius 2 is 1.89 bits per heavy atom. The van der Waals surface area contributed by atoms with Gasteiger partial charge in [-0.05, 0) is 44.4 Å². The van der Waals surface area contributed by atoms with E-state index in [1.54, 1.807) is 0 Å². The SMILES string of the molecule is Cc1ccc(Br)cc1C(=O)N(CC(C)C)C(C)C. The molecule has 1 aromatic rings. The van der Waals surface area contributed by atoms with E-state index in [1.165, 1.54) is 0 Å². The molecule has 0 aliphatic heterocycles. The summed E-state index contributed by atoms with van der Waals surface area (Å²) in [5, 5.41) is 0. The van der Waals surface area contributed by atoms with E-state index in [4.69, 9.17) is 0 Å². The first kappa shape index (κ1) is 15.2. The molecule has 1 aromatic carbocycles. The van der Waals surface area contributed by atoms with Crippen LogP contribution in [0.4, 0.5) is 0 Å². The first-order chi connectivity index (χ1) is 8.32. The van der Waals surface area contributed by atoms with Gasteiger partial charge in [0, 0.05) is 22.6 Å². The Bertz CT molecular complexity index is 427. The fraction of sp³-hybridized carbons (Fsp3) is 0.533. The molecule has 0 radical (unpaired) electrons. The van der Waals surface area contributed by atoms with Crippen molar-refractivity contribution < 1.29 is 4.79 Å². The van der Waals surface area contributed by atoms with Gasteiger partial charge < -0.3 is 4.90 Å². The van der Waals surface area contributed by atoms with Gasteiger partial charge in [-0.1, -0.05) is 35.8 Å². The van der Waals surface area contributed by atoms with Crippen molar-refractivity contribution in [3.8, 4) is 0 Å². The molecule has 0 fully saturated rings. The molecule has 0 saturated heterocycles. The number of rotatable bonds is 4. The van der Waals surface area contributed by atoms with E-state index >= 15 is 0 Å². The van der Waals surface area contributed by atoms with Crippen LogP contribution < -0.4 is 0 Å². The van der Waals surface area contributed by atoms with E-state index in [0.717, 1.165) is 22.1 Å². The summed E-state index contributed by atoms with van der Waals surface area (Å²) in [6, 6.07) is 6.07. The van der Waals surface area contributed by atoms with E-state index in [-0.39, 0.29) is 11.9 Å². The molecule has 0 heterocycles.